The minimum atomic E-state index is 0.982. The molecular formula is C23H28O. The Morgan fingerprint density at radius 3 is 2.08 bits per heavy atom. The van der Waals surface area contributed by atoms with Crippen LogP contribution in [0.5, 0.6) is 0 Å². The van der Waals surface area contributed by atoms with Crippen LogP contribution in [0.2, 0.25) is 0 Å². The van der Waals surface area contributed by atoms with Gasteiger partial charge in [-0.25, -0.2) is 0 Å². The molecule has 1 heteroatoms. The van der Waals surface area contributed by atoms with Crippen LogP contribution in [0.25, 0.3) is 11.0 Å². The van der Waals surface area contributed by atoms with Crippen LogP contribution in [0.4, 0.5) is 0 Å². The first-order chi connectivity index (χ1) is 11.8. The molecule has 0 aliphatic rings. The second-order valence-corrected chi connectivity index (χ2v) is 6.70. The molecule has 0 saturated carbocycles. The molecule has 0 bridgehead atoms. The zero-order valence-corrected chi connectivity index (χ0v) is 15.0. The van der Waals surface area contributed by atoms with Crippen LogP contribution in [0, 0.1) is 0 Å². The summed E-state index contributed by atoms with van der Waals surface area (Å²) in [5.41, 5.74) is 6.89. The van der Waals surface area contributed by atoms with Crippen LogP contribution >= 0.6 is 0 Å². The van der Waals surface area contributed by atoms with E-state index in [0.717, 1.165) is 12.0 Å². The second kappa shape index (κ2) is 8.19. The molecule has 2 aromatic carbocycles. The van der Waals surface area contributed by atoms with Gasteiger partial charge in [-0.15, -0.1) is 0 Å². The van der Waals surface area contributed by atoms with Crippen molar-refractivity contribution in [2.75, 3.05) is 0 Å². The largest absolute Gasteiger partial charge is 0.464 e. The zero-order valence-electron chi connectivity index (χ0n) is 15.0. The van der Waals surface area contributed by atoms with Gasteiger partial charge in [-0.2, -0.15) is 0 Å². The molecule has 1 aromatic heterocycles. The van der Waals surface area contributed by atoms with E-state index in [1.54, 1.807) is 0 Å². The van der Waals surface area contributed by atoms with Crippen molar-refractivity contribution in [1.29, 1.82) is 0 Å². The molecule has 3 aromatic rings. The van der Waals surface area contributed by atoms with Gasteiger partial charge >= 0.3 is 0 Å². The van der Waals surface area contributed by atoms with Crippen molar-refractivity contribution in [1.82, 2.24) is 0 Å². The summed E-state index contributed by atoms with van der Waals surface area (Å²) in [5.74, 6) is 0. The molecule has 1 nitrogen and oxygen atoms in total. The van der Waals surface area contributed by atoms with Gasteiger partial charge in [0.1, 0.15) is 5.58 Å². The average molecular weight is 320 g/mol. The van der Waals surface area contributed by atoms with E-state index in [-0.39, 0.29) is 0 Å². The summed E-state index contributed by atoms with van der Waals surface area (Å²) in [6.07, 6.45) is 10.3. The third-order valence-electron chi connectivity index (χ3n) is 4.90. The van der Waals surface area contributed by atoms with Crippen molar-refractivity contribution in [2.24, 2.45) is 0 Å². The lowest BCUT2D eigenvalue weighted by atomic mass is 9.90. The van der Waals surface area contributed by atoms with E-state index < -0.39 is 0 Å². The Hall–Kier alpha value is -2.02. The van der Waals surface area contributed by atoms with Crippen LogP contribution in [0.1, 0.15) is 61.8 Å². The summed E-state index contributed by atoms with van der Waals surface area (Å²) < 4.78 is 5.76. The number of furan rings is 1. The summed E-state index contributed by atoms with van der Waals surface area (Å²) in [6.45, 7) is 4.54. The highest BCUT2D eigenvalue weighted by molar-refractivity contribution is 5.81. The quantitative estimate of drug-likeness (QED) is 0.449. The molecule has 24 heavy (non-hydrogen) atoms. The number of hydrogen-bond acceptors (Lipinski definition) is 1. The Balaban J connectivity index is 1.97. The fourth-order valence-corrected chi connectivity index (χ4v) is 3.48. The summed E-state index contributed by atoms with van der Waals surface area (Å²) in [7, 11) is 0. The molecular weight excluding hydrogens is 292 g/mol. The van der Waals surface area contributed by atoms with Crippen molar-refractivity contribution >= 4 is 11.0 Å². The molecule has 126 valence electrons. The third kappa shape index (κ3) is 3.72. The summed E-state index contributed by atoms with van der Waals surface area (Å²) in [5, 5.41) is 1.25. The number of aryl methyl sites for hydroxylation is 2. The van der Waals surface area contributed by atoms with Crippen molar-refractivity contribution in [3.05, 3.63) is 71.0 Å². The summed E-state index contributed by atoms with van der Waals surface area (Å²) in [4.78, 5) is 0. The monoisotopic (exact) mass is 320 g/mol. The van der Waals surface area contributed by atoms with E-state index >= 15 is 0 Å². The summed E-state index contributed by atoms with van der Waals surface area (Å²) >= 11 is 0. The van der Waals surface area contributed by atoms with E-state index in [2.05, 4.69) is 50.2 Å². The molecule has 0 amide bonds. The number of rotatable bonds is 8. The predicted molar refractivity (Wildman–Crippen MR) is 103 cm³/mol. The standard InChI is InChI=1S/C23H28O/c1-3-5-10-18-12-9-13-19(11-6-4-2)22(18)16-20-17-24-23-15-8-7-14-21(20)23/h7-9,12-15,17H,3-6,10-11,16H2,1-2H3. The number of unbranched alkanes of at least 4 members (excludes halogenated alkanes) is 2. The first-order valence-corrected chi connectivity index (χ1v) is 9.38. The Kier molecular flexibility index (Phi) is 5.74. The lowest BCUT2D eigenvalue weighted by molar-refractivity contribution is 0.611. The maximum Gasteiger partial charge on any atom is 0.134 e. The zero-order chi connectivity index (χ0) is 16.8. The molecule has 0 aliphatic heterocycles. The molecule has 1 heterocycles. The molecule has 0 fully saturated rings. The van der Waals surface area contributed by atoms with Crippen LogP contribution in [0.15, 0.2) is 53.1 Å². The Bertz CT molecular complexity index is 755. The van der Waals surface area contributed by atoms with Gasteiger partial charge in [-0.05, 0) is 48.4 Å². The van der Waals surface area contributed by atoms with Crippen LogP contribution in [-0.2, 0) is 19.3 Å². The van der Waals surface area contributed by atoms with Gasteiger partial charge in [0.05, 0.1) is 6.26 Å². The van der Waals surface area contributed by atoms with Gasteiger partial charge in [0.25, 0.3) is 0 Å². The van der Waals surface area contributed by atoms with Gasteiger partial charge in [0, 0.05) is 17.4 Å². The number of benzene rings is 2. The minimum Gasteiger partial charge on any atom is -0.464 e. The Labute approximate surface area is 145 Å². The highest BCUT2D eigenvalue weighted by atomic mass is 16.3. The molecule has 0 spiro atoms. The van der Waals surface area contributed by atoms with E-state index in [4.69, 9.17) is 4.42 Å². The van der Waals surface area contributed by atoms with Crippen molar-refractivity contribution in [3.63, 3.8) is 0 Å². The van der Waals surface area contributed by atoms with Crippen molar-refractivity contribution in [3.8, 4) is 0 Å². The predicted octanol–water partition coefficient (Wildman–Crippen LogP) is 6.71. The smallest absolute Gasteiger partial charge is 0.134 e. The van der Waals surface area contributed by atoms with Gasteiger partial charge in [0.2, 0.25) is 0 Å². The molecule has 0 N–H and O–H groups in total. The fourth-order valence-electron chi connectivity index (χ4n) is 3.48. The van der Waals surface area contributed by atoms with E-state index in [0.29, 0.717) is 0 Å². The van der Waals surface area contributed by atoms with Crippen LogP contribution in [-0.4, -0.2) is 0 Å². The number of fused-ring (bicyclic) bond motifs is 1. The fraction of sp³-hybridized carbons (Fsp3) is 0.391. The molecule has 0 aliphatic carbocycles. The first kappa shape index (κ1) is 16.8. The third-order valence-corrected chi connectivity index (χ3v) is 4.90. The minimum absolute atomic E-state index is 0.982. The van der Waals surface area contributed by atoms with Gasteiger partial charge in [0.15, 0.2) is 0 Å². The van der Waals surface area contributed by atoms with E-state index in [9.17, 15) is 0 Å². The molecule has 3 rings (SSSR count). The lowest BCUT2D eigenvalue weighted by Gasteiger charge is -2.15. The van der Waals surface area contributed by atoms with E-state index in [1.807, 2.05) is 12.3 Å². The van der Waals surface area contributed by atoms with Crippen LogP contribution in [0.3, 0.4) is 0 Å². The van der Waals surface area contributed by atoms with E-state index in [1.165, 1.54) is 66.2 Å². The van der Waals surface area contributed by atoms with Gasteiger partial charge in [-0.3, -0.25) is 0 Å². The second-order valence-electron chi connectivity index (χ2n) is 6.70. The number of para-hydroxylation sites is 1. The first-order valence-electron chi connectivity index (χ1n) is 9.38. The Morgan fingerprint density at radius 2 is 1.42 bits per heavy atom. The van der Waals surface area contributed by atoms with Crippen molar-refractivity contribution in [2.45, 2.75) is 58.8 Å². The molecule has 0 unspecified atom stereocenters. The average Bonchev–Trinajstić information content (AvgIpc) is 3.02. The Morgan fingerprint density at radius 1 is 0.750 bits per heavy atom. The molecule has 0 radical (unpaired) electrons. The molecule has 0 saturated heterocycles. The topological polar surface area (TPSA) is 13.1 Å². The SMILES string of the molecule is CCCCc1cccc(CCCC)c1Cc1coc2ccccc12. The maximum atomic E-state index is 5.76. The normalized spacial score (nSPS) is 11.2. The highest BCUT2D eigenvalue weighted by Crippen LogP contribution is 2.27. The number of hydrogen-bond donors (Lipinski definition) is 0. The summed E-state index contributed by atoms with van der Waals surface area (Å²) in [6, 6.07) is 15.3. The van der Waals surface area contributed by atoms with Crippen LogP contribution < -0.4 is 0 Å². The van der Waals surface area contributed by atoms with Gasteiger partial charge in [-0.1, -0.05) is 63.1 Å². The highest BCUT2D eigenvalue weighted by Gasteiger charge is 2.12. The van der Waals surface area contributed by atoms with Gasteiger partial charge < -0.3 is 4.42 Å². The van der Waals surface area contributed by atoms with Crippen molar-refractivity contribution < 1.29 is 4.42 Å². The maximum absolute atomic E-state index is 5.76. The molecule has 0 atom stereocenters. The lowest BCUT2D eigenvalue weighted by Crippen LogP contribution is -2.02.